The molecule has 0 atom stereocenters. The number of hydrogen-bond donors (Lipinski definition) is 3. The average Bonchev–Trinajstić information content (AvgIpc) is 2.47. The molecule has 0 heterocycles. The fourth-order valence-electron chi connectivity index (χ4n) is 1.82. The summed E-state index contributed by atoms with van der Waals surface area (Å²) >= 11 is 0. The highest BCUT2D eigenvalue weighted by Gasteiger charge is 2.15. The Morgan fingerprint density at radius 1 is 1.24 bits per heavy atom. The second kappa shape index (κ2) is 11.9. The molecule has 25 heavy (non-hydrogen) atoms. The van der Waals surface area contributed by atoms with Gasteiger partial charge in [0.1, 0.15) is 5.60 Å². The molecular weight excluding hydrogens is 435 g/mol. The first-order valence-electron chi connectivity index (χ1n) is 7.92. The third-order valence-electron chi connectivity index (χ3n) is 2.90. The van der Waals surface area contributed by atoms with Crippen LogP contribution in [-0.4, -0.2) is 44.5 Å². The van der Waals surface area contributed by atoms with Crippen molar-refractivity contribution in [2.45, 2.75) is 32.8 Å². The first kappa shape index (κ1) is 23.4. The molecule has 0 unspecified atom stereocenters. The Bertz CT molecular complexity index is 542. The first-order chi connectivity index (χ1) is 11.3. The van der Waals surface area contributed by atoms with Crippen molar-refractivity contribution in [3.8, 4) is 0 Å². The molecule has 0 spiro atoms. The number of carbonyl (C=O) groups excluding carboxylic acids is 1. The zero-order valence-corrected chi connectivity index (χ0v) is 17.6. The number of ether oxygens (including phenoxy) is 2. The van der Waals surface area contributed by atoms with Gasteiger partial charge in [0, 0.05) is 19.3 Å². The highest BCUT2D eigenvalue weighted by atomic mass is 127. The fraction of sp³-hybridized carbons (Fsp3) is 0.529. The normalized spacial score (nSPS) is 11.4. The topological polar surface area (TPSA) is 98.0 Å². The van der Waals surface area contributed by atoms with Crippen molar-refractivity contribution in [1.29, 1.82) is 0 Å². The highest BCUT2D eigenvalue weighted by Crippen LogP contribution is 2.13. The molecule has 1 aromatic rings. The number of nitrogens with two attached hydrogens (primary N) is 1. The summed E-state index contributed by atoms with van der Waals surface area (Å²) in [6.45, 7) is 7.25. The van der Waals surface area contributed by atoms with Crippen molar-refractivity contribution in [2.24, 2.45) is 10.7 Å². The summed E-state index contributed by atoms with van der Waals surface area (Å²) in [5, 5.41) is 5.75. The maximum Gasteiger partial charge on any atom is 0.412 e. The zero-order valence-electron chi connectivity index (χ0n) is 15.3. The maximum absolute atomic E-state index is 11.7. The molecular formula is C17H29IN4O3. The van der Waals surface area contributed by atoms with Crippen LogP contribution in [0.5, 0.6) is 0 Å². The molecule has 0 aliphatic carbocycles. The van der Waals surface area contributed by atoms with Crippen LogP contribution in [0.2, 0.25) is 0 Å². The lowest BCUT2D eigenvalue weighted by Gasteiger charge is -2.19. The van der Waals surface area contributed by atoms with Crippen LogP contribution in [0.4, 0.5) is 10.5 Å². The van der Waals surface area contributed by atoms with Gasteiger partial charge in [0.05, 0.1) is 13.2 Å². The molecule has 8 heteroatoms. The molecule has 0 saturated heterocycles. The zero-order chi connectivity index (χ0) is 18.0. The van der Waals surface area contributed by atoms with E-state index < -0.39 is 11.7 Å². The third kappa shape index (κ3) is 11.6. The molecule has 7 nitrogen and oxygen atoms in total. The van der Waals surface area contributed by atoms with Gasteiger partial charge in [-0.2, -0.15) is 0 Å². The minimum absolute atomic E-state index is 0. The maximum atomic E-state index is 11.7. The number of nitrogens with zero attached hydrogens (tertiary/aromatic N) is 1. The van der Waals surface area contributed by atoms with Gasteiger partial charge < -0.3 is 20.5 Å². The third-order valence-corrected chi connectivity index (χ3v) is 2.90. The van der Waals surface area contributed by atoms with Crippen LogP contribution < -0.4 is 16.4 Å². The minimum atomic E-state index is -0.513. The Balaban J connectivity index is 0.00000576. The second-order valence-electron chi connectivity index (χ2n) is 6.26. The van der Waals surface area contributed by atoms with Crippen molar-refractivity contribution in [3.05, 3.63) is 29.8 Å². The molecule has 0 saturated carbocycles. The monoisotopic (exact) mass is 464 g/mol. The largest absolute Gasteiger partial charge is 0.444 e. The summed E-state index contributed by atoms with van der Waals surface area (Å²) in [5.41, 5.74) is 7.04. The van der Waals surface area contributed by atoms with Gasteiger partial charge in [-0.25, -0.2) is 4.79 Å². The number of guanidine groups is 1. The molecule has 0 radical (unpaired) electrons. The summed E-state index contributed by atoms with van der Waals surface area (Å²) in [6.07, 6.45) is 0.338. The first-order valence-corrected chi connectivity index (χ1v) is 7.92. The van der Waals surface area contributed by atoms with E-state index in [2.05, 4.69) is 15.6 Å². The molecule has 0 aliphatic heterocycles. The Kier molecular flexibility index (Phi) is 11.2. The van der Waals surface area contributed by atoms with Gasteiger partial charge >= 0.3 is 6.09 Å². The number of amides is 1. The van der Waals surface area contributed by atoms with E-state index >= 15 is 0 Å². The number of carbonyl (C=O) groups is 1. The lowest BCUT2D eigenvalue weighted by Crippen LogP contribution is -2.33. The van der Waals surface area contributed by atoms with E-state index in [1.807, 2.05) is 45.0 Å². The Morgan fingerprint density at radius 2 is 1.88 bits per heavy atom. The molecule has 142 valence electrons. The standard InChI is InChI=1S/C17H28N4O3.HI/c1-17(2,3)24-16(22)21-14-7-5-13(6-8-14)9-10-19-15(18)20-11-12-23-4;/h5-8H,9-12H2,1-4H3,(H,21,22)(H3,18,19,20);1H. The van der Waals surface area contributed by atoms with E-state index in [0.717, 1.165) is 12.0 Å². The van der Waals surface area contributed by atoms with E-state index in [4.69, 9.17) is 15.2 Å². The number of methoxy groups -OCH3 is 1. The lowest BCUT2D eigenvalue weighted by molar-refractivity contribution is 0.0636. The van der Waals surface area contributed by atoms with Crippen LogP contribution >= 0.6 is 24.0 Å². The van der Waals surface area contributed by atoms with Crippen LogP contribution in [0.1, 0.15) is 26.3 Å². The van der Waals surface area contributed by atoms with Crippen molar-refractivity contribution >= 4 is 41.7 Å². The Hall–Kier alpha value is -1.55. The predicted molar refractivity (Wildman–Crippen MR) is 112 cm³/mol. The van der Waals surface area contributed by atoms with E-state index in [0.29, 0.717) is 31.3 Å². The van der Waals surface area contributed by atoms with E-state index in [1.54, 1.807) is 7.11 Å². The lowest BCUT2D eigenvalue weighted by atomic mass is 10.1. The van der Waals surface area contributed by atoms with E-state index in [-0.39, 0.29) is 24.0 Å². The van der Waals surface area contributed by atoms with Crippen LogP contribution in [0, 0.1) is 0 Å². The fourth-order valence-corrected chi connectivity index (χ4v) is 1.82. The number of rotatable bonds is 7. The molecule has 0 bridgehead atoms. The van der Waals surface area contributed by atoms with E-state index in [1.165, 1.54) is 0 Å². The van der Waals surface area contributed by atoms with Crippen LogP contribution in [-0.2, 0) is 15.9 Å². The SMILES string of the molecule is COCCN=C(N)NCCc1ccc(NC(=O)OC(C)(C)C)cc1.I. The van der Waals surface area contributed by atoms with Gasteiger partial charge in [-0.15, -0.1) is 24.0 Å². The van der Waals surface area contributed by atoms with Crippen molar-refractivity contribution in [3.63, 3.8) is 0 Å². The predicted octanol–water partition coefficient (Wildman–Crippen LogP) is 2.74. The van der Waals surface area contributed by atoms with Gasteiger partial charge in [0.25, 0.3) is 0 Å². The van der Waals surface area contributed by atoms with Crippen molar-refractivity contribution in [1.82, 2.24) is 5.32 Å². The number of aliphatic imine (C=N–C) groups is 1. The van der Waals surface area contributed by atoms with Gasteiger partial charge in [-0.3, -0.25) is 10.3 Å². The summed E-state index contributed by atoms with van der Waals surface area (Å²) in [4.78, 5) is 15.8. The quantitative estimate of drug-likeness (QED) is 0.250. The number of hydrogen-bond acceptors (Lipinski definition) is 4. The molecule has 0 fully saturated rings. The molecule has 0 aliphatic rings. The minimum Gasteiger partial charge on any atom is -0.444 e. The van der Waals surface area contributed by atoms with Crippen LogP contribution in [0.3, 0.4) is 0 Å². The van der Waals surface area contributed by atoms with Gasteiger partial charge in [-0.1, -0.05) is 12.1 Å². The average molecular weight is 464 g/mol. The van der Waals surface area contributed by atoms with Crippen LogP contribution in [0.25, 0.3) is 0 Å². The molecule has 0 aromatic heterocycles. The number of benzene rings is 1. The number of halogens is 1. The summed E-state index contributed by atoms with van der Waals surface area (Å²) in [7, 11) is 1.63. The highest BCUT2D eigenvalue weighted by molar-refractivity contribution is 14.0. The van der Waals surface area contributed by atoms with Crippen molar-refractivity contribution in [2.75, 3.05) is 32.1 Å². The molecule has 1 aromatic carbocycles. The van der Waals surface area contributed by atoms with Gasteiger partial charge in [0.15, 0.2) is 5.96 Å². The summed E-state index contributed by atoms with van der Waals surface area (Å²) < 4.78 is 10.1. The Morgan fingerprint density at radius 3 is 2.44 bits per heavy atom. The summed E-state index contributed by atoms with van der Waals surface area (Å²) in [6, 6.07) is 7.59. The Labute approximate surface area is 166 Å². The van der Waals surface area contributed by atoms with Crippen LogP contribution in [0.15, 0.2) is 29.3 Å². The van der Waals surface area contributed by atoms with Gasteiger partial charge in [0.2, 0.25) is 0 Å². The molecule has 1 amide bonds. The number of nitrogens with one attached hydrogen (secondary N) is 2. The van der Waals surface area contributed by atoms with Gasteiger partial charge in [-0.05, 0) is 44.9 Å². The van der Waals surface area contributed by atoms with E-state index in [9.17, 15) is 4.79 Å². The summed E-state index contributed by atoms with van der Waals surface area (Å²) in [5.74, 6) is 0.412. The smallest absolute Gasteiger partial charge is 0.412 e. The molecule has 1 rings (SSSR count). The second-order valence-corrected chi connectivity index (χ2v) is 6.26. The number of anilines is 1. The van der Waals surface area contributed by atoms with Crippen molar-refractivity contribution < 1.29 is 14.3 Å². The molecule has 4 N–H and O–H groups in total.